The van der Waals surface area contributed by atoms with Crippen LogP contribution >= 0.6 is 11.9 Å². The molecule has 0 bridgehead atoms. The van der Waals surface area contributed by atoms with Crippen LogP contribution < -0.4 is 10.2 Å². The topological polar surface area (TPSA) is 62.1 Å². The molecule has 0 radical (unpaired) electrons. The minimum atomic E-state index is -0.885. The highest BCUT2D eigenvalue weighted by Gasteiger charge is 2.22. The number of alkyl halides is 1. The van der Waals surface area contributed by atoms with Crippen molar-refractivity contribution in [2.45, 2.75) is 58.6 Å². The van der Waals surface area contributed by atoms with E-state index in [0.717, 1.165) is 50.3 Å². The summed E-state index contributed by atoms with van der Waals surface area (Å²) < 4.78 is 32.3. The maximum Gasteiger partial charge on any atom is 0.207 e. The highest BCUT2D eigenvalue weighted by molar-refractivity contribution is 7.97. The molecule has 3 heterocycles. The van der Waals surface area contributed by atoms with E-state index < -0.39 is 11.3 Å². The first-order valence-electron chi connectivity index (χ1n) is 10.9. The number of rotatable bonds is 10. The zero-order valence-corrected chi connectivity index (χ0v) is 19.6. The third kappa shape index (κ3) is 6.52. The van der Waals surface area contributed by atoms with Gasteiger partial charge in [-0.25, -0.2) is 18.7 Å². The Morgan fingerprint density at radius 1 is 1.32 bits per heavy atom. The molecule has 1 N–H and O–H groups in total. The van der Waals surface area contributed by atoms with Crippen LogP contribution in [0.4, 0.5) is 20.4 Å². The van der Waals surface area contributed by atoms with Crippen LogP contribution in [0.2, 0.25) is 0 Å². The molecule has 3 rings (SSSR count). The first-order valence-corrected chi connectivity index (χ1v) is 11.8. The maximum absolute atomic E-state index is 15.1. The molecule has 0 saturated carbocycles. The van der Waals surface area contributed by atoms with Crippen LogP contribution in [0.5, 0.6) is 0 Å². The first kappa shape index (κ1) is 23.7. The Morgan fingerprint density at radius 3 is 2.74 bits per heavy atom. The van der Waals surface area contributed by atoms with Gasteiger partial charge in [0.1, 0.15) is 6.33 Å². The second-order valence-electron chi connectivity index (χ2n) is 8.12. The predicted molar refractivity (Wildman–Crippen MR) is 122 cm³/mol. The fourth-order valence-electron chi connectivity index (χ4n) is 3.86. The van der Waals surface area contributed by atoms with E-state index in [4.69, 9.17) is 0 Å². The number of aromatic nitrogens is 4. The molecule has 2 aromatic heterocycles. The van der Waals surface area contributed by atoms with Gasteiger partial charge < -0.3 is 10.2 Å². The van der Waals surface area contributed by atoms with E-state index in [9.17, 15) is 4.39 Å². The van der Waals surface area contributed by atoms with E-state index in [-0.39, 0.29) is 11.6 Å². The Kier molecular flexibility index (Phi) is 8.48. The zero-order valence-electron chi connectivity index (χ0n) is 18.8. The number of nitrogens with one attached hydrogen (secondary N) is 1. The van der Waals surface area contributed by atoms with Gasteiger partial charge in [-0.1, -0.05) is 6.92 Å². The van der Waals surface area contributed by atoms with E-state index >= 15 is 4.39 Å². The summed E-state index contributed by atoms with van der Waals surface area (Å²) in [5.74, 6) is 0.461. The number of piperidine rings is 1. The second kappa shape index (κ2) is 11.1. The third-order valence-electron chi connectivity index (χ3n) is 5.38. The summed E-state index contributed by atoms with van der Waals surface area (Å²) in [4.78, 5) is 10.1. The minimum absolute atomic E-state index is 0.226. The second-order valence-corrected chi connectivity index (χ2v) is 9.49. The maximum atomic E-state index is 15.1. The quantitative estimate of drug-likeness (QED) is 0.540. The van der Waals surface area contributed by atoms with Crippen molar-refractivity contribution in [3.8, 4) is 0 Å². The molecule has 0 spiro atoms. The molecule has 1 saturated heterocycles. The normalized spacial score (nSPS) is 16.5. The zero-order chi connectivity index (χ0) is 22.4. The molecule has 10 heteroatoms. The molecule has 1 aliphatic heterocycles. The lowest BCUT2D eigenvalue weighted by atomic mass is 9.98. The van der Waals surface area contributed by atoms with Crippen LogP contribution in [-0.2, 0) is 13.1 Å². The predicted octanol–water partition coefficient (Wildman–Crippen LogP) is 4.25. The third-order valence-corrected chi connectivity index (χ3v) is 6.33. The van der Waals surface area contributed by atoms with Crippen molar-refractivity contribution >= 4 is 23.6 Å². The lowest BCUT2D eigenvalue weighted by molar-refractivity contribution is 0.296. The first-order chi connectivity index (χ1) is 14.9. The Bertz CT molecular complexity index is 837. The molecule has 1 aliphatic rings. The van der Waals surface area contributed by atoms with Gasteiger partial charge in [-0.05, 0) is 57.0 Å². The molecule has 7 nitrogen and oxygen atoms in total. The van der Waals surface area contributed by atoms with Crippen molar-refractivity contribution in [2.24, 2.45) is 5.92 Å². The highest BCUT2D eigenvalue weighted by Crippen LogP contribution is 2.27. The van der Waals surface area contributed by atoms with Crippen LogP contribution in [-0.4, -0.2) is 56.2 Å². The average Bonchev–Trinajstić information content (AvgIpc) is 3.06. The summed E-state index contributed by atoms with van der Waals surface area (Å²) >= 11 is 1.26. The van der Waals surface area contributed by atoms with Gasteiger partial charge in [0.15, 0.2) is 17.1 Å². The SMILES string of the molecule is CCCn1nc(C)cc1CN(C)c1ncnc(NCC2CCN(SC(C)F)CC2)c1F. The van der Waals surface area contributed by atoms with Crippen LogP contribution in [0, 0.1) is 18.7 Å². The monoisotopic (exact) mass is 453 g/mol. The largest absolute Gasteiger partial charge is 0.367 e. The van der Waals surface area contributed by atoms with Gasteiger partial charge in [0.2, 0.25) is 5.82 Å². The molecule has 0 amide bonds. The number of halogens is 2. The smallest absolute Gasteiger partial charge is 0.207 e. The number of nitrogens with zero attached hydrogens (tertiary/aromatic N) is 6. The molecule has 2 aromatic rings. The highest BCUT2D eigenvalue weighted by atomic mass is 32.2. The lowest BCUT2D eigenvalue weighted by Crippen LogP contribution is -2.32. The summed E-state index contributed by atoms with van der Waals surface area (Å²) in [7, 11) is 1.83. The molecule has 0 aromatic carbocycles. The van der Waals surface area contributed by atoms with Gasteiger partial charge >= 0.3 is 0 Å². The van der Waals surface area contributed by atoms with Gasteiger partial charge in [-0.15, -0.1) is 0 Å². The van der Waals surface area contributed by atoms with Gasteiger partial charge in [0.05, 0.1) is 17.9 Å². The molecular formula is C21H33F2N7S. The summed E-state index contributed by atoms with van der Waals surface area (Å²) in [5, 5.41) is 7.68. The Hall–Kier alpha value is -1.94. The number of hydrogen-bond donors (Lipinski definition) is 1. The molecule has 1 unspecified atom stereocenters. The molecule has 172 valence electrons. The van der Waals surface area contributed by atoms with Gasteiger partial charge in [-0.2, -0.15) is 9.49 Å². The number of anilines is 2. The lowest BCUT2D eigenvalue weighted by Gasteiger charge is -2.31. The molecule has 31 heavy (non-hydrogen) atoms. The van der Waals surface area contributed by atoms with E-state index in [0.29, 0.717) is 19.0 Å². The van der Waals surface area contributed by atoms with Crippen molar-refractivity contribution < 1.29 is 8.78 Å². The van der Waals surface area contributed by atoms with E-state index in [2.05, 4.69) is 31.6 Å². The van der Waals surface area contributed by atoms with Crippen molar-refractivity contribution in [2.75, 3.05) is 36.9 Å². The van der Waals surface area contributed by atoms with Crippen LogP contribution in [0.25, 0.3) is 0 Å². The fraction of sp³-hybridized carbons (Fsp3) is 0.667. The van der Waals surface area contributed by atoms with E-state index in [1.807, 2.05) is 24.7 Å². The van der Waals surface area contributed by atoms with Crippen LogP contribution in [0.3, 0.4) is 0 Å². The summed E-state index contributed by atoms with van der Waals surface area (Å²) in [6, 6.07) is 2.03. The average molecular weight is 454 g/mol. The van der Waals surface area contributed by atoms with Gasteiger partial charge in [0, 0.05) is 33.2 Å². The van der Waals surface area contributed by atoms with Crippen molar-refractivity contribution in [1.29, 1.82) is 0 Å². The van der Waals surface area contributed by atoms with Crippen LogP contribution in [0.15, 0.2) is 12.4 Å². The van der Waals surface area contributed by atoms with Gasteiger partial charge in [-0.3, -0.25) is 4.68 Å². The summed E-state index contributed by atoms with van der Waals surface area (Å²) in [6.45, 7) is 9.30. The van der Waals surface area contributed by atoms with Crippen LogP contribution in [0.1, 0.15) is 44.5 Å². The van der Waals surface area contributed by atoms with Crippen molar-refractivity contribution in [3.63, 3.8) is 0 Å². The Labute approximate surface area is 187 Å². The molecule has 1 atom stereocenters. The molecular weight excluding hydrogens is 420 g/mol. The Balaban J connectivity index is 1.59. The van der Waals surface area contributed by atoms with Crippen molar-refractivity contribution in [3.05, 3.63) is 29.6 Å². The summed E-state index contributed by atoms with van der Waals surface area (Å²) in [5.41, 5.74) is 1.10. The number of hydrogen-bond acceptors (Lipinski definition) is 7. The van der Waals surface area contributed by atoms with Crippen molar-refractivity contribution in [1.82, 2.24) is 24.1 Å². The van der Waals surface area contributed by atoms with E-state index in [1.165, 1.54) is 18.3 Å². The molecule has 1 fully saturated rings. The summed E-state index contributed by atoms with van der Waals surface area (Å²) in [6.07, 6.45) is 4.28. The Morgan fingerprint density at radius 2 is 2.06 bits per heavy atom. The number of aryl methyl sites for hydroxylation is 2. The standard InChI is InChI=1S/C21H33F2N7S/c1-5-8-30-18(11-15(2)27-30)13-28(4)21-19(23)20(25-14-26-21)24-12-17-6-9-29(10-7-17)31-16(3)22/h11,14,16-17H,5-10,12-13H2,1-4H3,(H,24,25,26). The molecule has 0 aliphatic carbocycles. The fourth-order valence-corrected chi connectivity index (χ4v) is 4.70. The van der Waals surface area contributed by atoms with E-state index in [1.54, 1.807) is 11.8 Å². The van der Waals surface area contributed by atoms with Gasteiger partial charge in [0.25, 0.3) is 0 Å². The minimum Gasteiger partial charge on any atom is -0.367 e.